The van der Waals surface area contributed by atoms with Crippen LogP contribution in [0.5, 0.6) is 23.0 Å². The van der Waals surface area contributed by atoms with Crippen LogP contribution in [0.1, 0.15) is 61.2 Å². The predicted octanol–water partition coefficient (Wildman–Crippen LogP) is 22.7. The third-order valence-electron chi connectivity index (χ3n) is 18.1. The summed E-state index contributed by atoms with van der Waals surface area (Å²) >= 11 is 0. The Bertz CT molecular complexity index is 4880. The maximum atomic E-state index is 15.8. The quantitative estimate of drug-likeness (QED) is 0.102. The molecule has 0 saturated carbocycles. The van der Waals surface area contributed by atoms with Crippen molar-refractivity contribution in [2.45, 2.75) is 17.8 Å². The Morgan fingerprint density at radius 1 is 0.322 bits per heavy atom. The van der Waals surface area contributed by atoms with Gasteiger partial charge in [-0.2, -0.15) is 0 Å². The lowest BCUT2D eigenvalue weighted by Gasteiger charge is -2.36. The fraction of sp³-hybridized carbons (Fsp3) is 0.0353. The first kappa shape index (κ1) is 55.2. The fourth-order valence-corrected chi connectivity index (χ4v) is 13.9. The molecule has 2 unspecified atom stereocenters. The molecule has 0 N–H and O–H groups in total. The molecule has 13 aromatic rings. The number of halogens is 2. The van der Waals surface area contributed by atoms with Crippen LogP contribution in [0.2, 0.25) is 0 Å². The van der Waals surface area contributed by atoms with Crippen molar-refractivity contribution in [2.24, 2.45) is 0 Å². The lowest BCUT2D eigenvalue weighted by atomic mass is 9.67. The molecule has 0 amide bonds. The van der Waals surface area contributed by atoms with Crippen molar-refractivity contribution < 1.29 is 18.3 Å². The minimum atomic E-state index is -0.918. The van der Waals surface area contributed by atoms with Gasteiger partial charge in [-0.15, -0.1) is 0 Å². The first-order valence-corrected chi connectivity index (χ1v) is 30.3. The Labute approximate surface area is 524 Å². The first-order valence-electron chi connectivity index (χ1n) is 30.3. The number of ether oxygens (including phenoxy) is 2. The minimum absolute atomic E-state index is 0.268. The monoisotopic (exact) mass is 1160 g/mol. The average Bonchev–Trinajstić information content (AvgIpc) is 1.51. The van der Waals surface area contributed by atoms with Crippen molar-refractivity contribution in [3.63, 3.8) is 0 Å². The van der Waals surface area contributed by atoms with E-state index in [1.165, 1.54) is 0 Å². The summed E-state index contributed by atoms with van der Waals surface area (Å²) in [5.41, 5.74) is 20.3. The topological polar surface area (TPSA) is 21.7 Å². The molecule has 0 aliphatic heterocycles. The Kier molecular flexibility index (Phi) is 13.9. The molecule has 0 spiro atoms. The molecule has 90 heavy (non-hydrogen) atoms. The van der Waals surface area contributed by atoms with Gasteiger partial charge in [-0.25, -0.2) is 8.78 Å². The normalized spacial score (nSPS) is 15.0. The molecule has 0 aromatic heterocycles. The molecule has 3 nitrogen and oxygen atoms in total. The molecule has 0 bridgehead atoms. The molecule has 0 fully saturated rings. The minimum Gasteiger partial charge on any atom is -0.457 e. The highest BCUT2D eigenvalue weighted by molar-refractivity contribution is 5.93. The molecular weight excluding hydrogens is 1100 g/mol. The Balaban J connectivity index is 0.949. The fourth-order valence-electron chi connectivity index (χ4n) is 13.9. The molecule has 0 heterocycles. The summed E-state index contributed by atoms with van der Waals surface area (Å²) in [6.07, 6.45) is 3.63. The van der Waals surface area contributed by atoms with Gasteiger partial charge in [-0.3, -0.25) is 0 Å². The van der Waals surface area contributed by atoms with E-state index in [-0.39, 0.29) is 11.6 Å². The molecule has 13 aromatic carbocycles. The van der Waals surface area contributed by atoms with Crippen molar-refractivity contribution in [1.29, 1.82) is 0 Å². The van der Waals surface area contributed by atoms with E-state index in [4.69, 9.17) is 9.47 Å². The molecule has 0 radical (unpaired) electrons. The van der Waals surface area contributed by atoms with Gasteiger partial charge in [0.25, 0.3) is 0 Å². The highest BCUT2D eigenvalue weighted by Gasteiger charge is 2.48. The molecule has 15 rings (SSSR count). The summed E-state index contributed by atoms with van der Waals surface area (Å²) in [5, 5.41) is 0. The van der Waals surface area contributed by atoms with E-state index in [0.29, 0.717) is 28.6 Å². The highest BCUT2D eigenvalue weighted by Crippen LogP contribution is 2.60. The van der Waals surface area contributed by atoms with Crippen molar-refractivity contribution in [3.05, 3.63) is 389 Å². The van der Waals surface area contributed by atoms with Crippen LogP contribution in [0.4, 0.5) is 25.8 Å². The Morgan fingerprint density at radius 3 is 1.21 bits per heavy atom. The summed E-state index contributed by atoms with van der Waals surface area (Å²) in [4.78, 5) is 2.37. The summed E-state index contributed by atoms with van der Waals surface area (Å²) < 4.78 is 44.1. The maximum Gasteiger partial charge on any atom is 0.127 e. The third kappa shape index (κ3) is 9.42. The van der Waals surface area contributed by atoms with Gasteiger partial charge < -0.3 is 14.4 Å². The molecule has 430 valence electrons. The first-order chi connectivity index (χ1) is 44.2. The molecule has 0 saturated heterocycles. The van der Waals surface area contributed by atoms with E-state index in [9.17, 15) is 0 Å². The Hall–Kier alpha value is -11.4. The second-order valence-corrected chi connectivity index (χ2v) is 23.2. The average molecular weight is 1160 g/mol. The predicted molar refractivity (Wildman–Crippen MR) is 364 cm³/mol. The SMILES string of the molecule is C=Cc1ccc(Oc2ccc(C3(c4ccc(F)cc4)c4ccccc4-c4ccc(N(c5cccc(-c6cccc(-c7ccccc7)c6)c5)c5ccc6c(c5)C(c5ccc(Oc7ccc(C=C)cc7)cc5)(c5ccc(F)c(C)c5)c5ccccc5-6)cc43)cc2)cc1. The van der Waals surface area contributed by atoms with Crippen LogP contribution in [0, 0.1) is 18.6 Å². The molecular formula is C85H59F2NO2. The van der Waals surface area contributed by atoms with Gasteiger partial charge in [0.2, 0.25) is 0 Å². The van der Waals surface area contributed by atoms with Crippen LogP contribution >= 0.6 is 0 Å². The summed E-state index contributed by atoms with van der Waals surface area (Å²) in [5.74, 6) is 2.22. The zero-order chi connectivity index (χ0) is 60.9. The molecule has 2 aliphatic carbocycles. The number of rotatable bonds is 15. The van der Waals surface area contributed by atoms with E-state index in [1.807, 2.05) is 122 Å². The number of nitrogens with zero attached hydrogens (tertiary/aromatic N) is 1. The van der Waals surface area contributed by atoms with E-state index in [1.54, 1.807) is 18.2 Å². The van der Waals surface area contributed by atoms with E-state index in [2.05, 4.69) is 200 Å². The zero-order valence-electron chi connectivity index (χ0n) is 49.5. The second-order valence-electron chi connectivity index (χ2n) is 23.2. The second kappa shape index (κ2) is 22.7. The number of benzene rings is 13. The van der Waals surface area contributed by atoms with Crippen molar-refractivity contribution in [1.82, 2.24) is 0 Å². The molecule has 2 aliphatic rings. The van der Waals surface area contributed by atoms with Crippen molar-refractivity contribution >= 4 is 29.2 Å². The van der Waals surface area contributed by atoms with Gasteiger partial charge in [0.1, 0.15) is 34.6 Å². The van der Waals surface area contributed by atoms with Gasteiger partial charge in [-0.05, 0) is 222 Å². The number of aryl methyl sites for hydroxylation is 1. The van der Waals surface area contributed by atoms with Gasteiger partial charge in [0.15, 0.2) is 0 Å². The maximum absolute atomic E-state index is 15.8. The highest BCUT2D eigenvalue weighted by atomic mass is 19.1. The summed E-state index contributed by atoms with van der Waals surface area (Å²) in [6.45, 7) is 9.68. The van der Waals surface area contributed by atoms with Gasteiger partial charge in [-0.1, -0.05) is 219 Å². The van der Waals surface area contributed by atoms with Crippen LogP contribution in [0.15, 0.2) is 316 Å². The van der Waals surface area contributed by atoms with E-state index in [0.717, 1.165) is 117 Å². The smallest absolute Gasteiger partial charge is 0.127 e. The van der Waals surface area contributed by atoms with Gasteiger partial charge in [0.05, 0.1) is 10.8 Å². The van der Waals surface area contributed by atoms with E-state index >= 15 is 8.78 Å². The summed E-state index contributed by atoms with van der Waals surface area (Å²) in [7, 11) is 0. The van der Waals surface area contributed by atoms with Crippen LogP contribution in [0.25, 0.3) is 56.7 Å². The number of anilines is 3. The molecule has 5 heteroatoms. The summed E-state index contributed by atoms with van der Waals surface area (Å²) in [6, 6.07) is 104. The standard InChI is InChI=1S/C85H59F2NO2/c1-4-57-25-40-71(41-26-57)89-73-44-31-64(32-45-73)84(63-29-36-67(86)37-30-63)79-23-11-9-21-75(79)77-48-38-69(54-81(77)84)88(68-20-14-19-62(53-68)61-18-13-17-60(52-61)59-15-7-6-8-16-59)70-39-49-78-76-22-10-12-24-80(76)85(82(78)55-70,66-35-50-83(87)56(3)51-66)65-33-46-74(47-34-65)90-72-42-27-58(5-2)28-43-72/h4-55H,1-2H2,3H3. The lowest BCUT2D eigenvalue weighted by Crippen LogP contribution is -2.29. The van der Waals surface area contributed by atoms with Crippen LogP contribution < -0.4 is 14.4 Å². The largest absolute Gasteiger partial charge is 0.457 e. The number of fused-ring (bicyclic) bond motifs is 6. The number of hydrogen-bond acceptors (Lipinski definition) is 3. The zero-order valence-corrected chi connectivity index (χ0v) is 49.5. The third-order valence-corrected chi connectivity index (χ3v) is 18.1. The van der Waals surface area contributed by atoms with E-state index < -0.39 is 10.8 Å². The Morgan fingerprint density at radius 2 is 0.711 bits per heavy atom. The van der Waals surface area contributed by atoms with Crippen molar-refractivity contribution in [3.8, 4) is 67.5 Å². The van der Waals surface area contributed by atoms with Crippen LogP contribution in [-0.2, 0) is 10.8 Å². The van der Waals surface area contributed by atoms with Gasteiger partial charge >= 0.3 is 0 Å². The lowest BCUT2D eigenvalue weighted by molar-refractivity contribution is 0.482. The molecule has 2 atom stereocenters. The van der Waals surface area contributed by atoms with Crippen LogP contribution in [0.3, 0.4) is 0 Å². The van der Waals surface area contributed by atoms with Crippen molar-refractivity contribution in [2.75, 3.05) is 4.90 Å². The van der Waals surface area contributed by atoms with Crippen LogP contribution in [-0.4, -0.2) is 0 Å². The van der Waals surface area contributed by atoms with Gasteiger partial charge in [0, 0.05) is 17.1 Å². The number of hydrogen-bond donors (Lipinski definition) is 0.